The number of nitrogens with one attached hydrogen (secondary N) is 1. The minimum absolute atomic E-state index is 0.211. The van der Waals surface area contributed by atoms with Gasteiger partial charge in [0.15, 0.2) is 11.6 Å². The number of rotatable bonds is 4. The SMILES string of the molecule is Cc1ccc(C2=NC3(CCN(C(=O)CCc4ccccc4)CC3)ON2)cc1. The van der Waals surface area contributed by atoms with Crippen LogP contribution in [0.5, 0.6) is 0 Å². The van der Waals surface area contributed by atoms with Crippen molar-refractivity contribution < 1.29 is 9.63 Å². The van der Waals surface area contributed by atoms with Gasteiger partial charge in [-0.2, -0.15) is 0 Å². The minimum Gasteiger partial charge on any atom is -0.342 e. The summed E-state index contributed by atoms with van der Waals surface area (Å²) in [6, 6.07) is 18.4. The number of piperidine rings is 1. The number of likely N-dealkylation sites (tertiary alicyclic amines) is 1. The van der Waals surface area contributed by atoms with Gasteiger partial charge in [0.1, 0.15) is 0 Å². The molecule has 0 radical (unpaired) electrons. The molecule has 1 fully saturated rings. The molecule has 140 valence electrons. The summed E-state index contributed by atoms with van der Waals surface area (Å²) in [5, 5.41) is 0. The second-order valence-electron chi connectivity index (χ2n) is 7.34. The average molecular weight is 363 g/mol. The van der Waals surface area contributed by atoms with Crippen molar-refractivity contribution in [2.24, 2.45) is 4.99 Å². The van der Waals surface area contributed by atoms with Gasteiger partial charge in [-0.15, -0.1) is 0 Å². The molecule has 2 aliphatic rings. The fraction of sp³-hybridized carbons (Fsp3) is 0.364. The number of hydrogen-bond donors (Lipinski definition) is 1. The van der Waals surface area contributed by atoms with Crippen LogP contribution in [0.2, 0.25) is 0 Å². The van der Waals surface area contributed by atoms with Crippen LogP contribution in [-0.4, -0.2) is 35.5 Å². The van der Waals surface area contributed by atoms with Crippen LogP contribution in [0.25, 0.3) is 0 Å². The molecule has 1 saturated heterocycles. The first-order chi connectivity index (χ1) is 13.1. The second-order valence-corrected chi connectivity index (χ2v) is 7.34. The van der Waals surface area contributed by atoms with Crippen molar-refractivity contribution in [3.05, 3.63) is 71.3 Å². The number of carbonyl (C=O) groups is 1. The van der Waals surface area contributed by atoms with E-state index < -0.39 is 5.72 Å². The van der Waals surface area contributed by atoms with E-state index in [0.29, 0.717) is 32.4 Å². The largest absolute Gasteiger partial charge is 0.342 e. The van der Waals surface area contributed by atoms with Crippen LogP contribution >= 0.6 is 0 Å². The molecule has 5 heteroatoms. The van der Waals surface area contributed by atoms with Gasteiger partial charge in [0.2, 0.25) is 5.91 Å². The number of hydroxylamine groups is 1. The molecule has 1 amide bonds. The quantitative estimate of drug-likeness (QED) is 0.907. The molecule has 0 saturated carbocycles. The standard InChI is InChI=1S/C22H25N3O2/c1-17-7-10-19(11-8-17)21-23-22(27-24-21)13-15-25(16-14-22)20(26)12-9-18-5-3-2-4-6-18/h2-8,10-11H,9,12-16H2,1H3,(H,23,24). The van der Waals surface area contributed by atoms with E-state index in [-0.39, 0.29) is 5.91 Å². The molecule has 1 N–H and O–H groups in total. The van der Waals surface area contributed by atoms with Crippen LogP contribution in [0.4, 0.5) is 0 Å². The van der Waals surface area contributed by atoms with Gasteiger partial charge in [0.05, 0.1) is 0 Å². The van der Waals surface area contributed by atoms with Crippen molar-refractivity contribution in [1.82, 2.24) is 10.4 Å². The first-order valence-electron chi connectivity index (χ1n) is 9.56. The van der Waals surface area contributed by atoms with Crippen molar-refractivity contribution in [2.75, 3.05) is 13.1 Å². The summed E-state index contributed by atoms with van der Waals surface area (Å²) in [6.07, 6.45) is 2.77. The molecule has 1 spiro atoms. The van der Waals surface area contributed by atoms with Crippen molar-refractivity contribution >= 4 is 11.7 Å². The fourth-order valence-electron chi connectivity index (χ4n) is 3.60. The molecule has 2 heterocycles. The maximum absolute atomic E-state index is 12.5. The topological polar surface area (TPSA) is 53.9 Å². The predicted molar refractivity (Wildman–Crippen MR) is 105 cm³/mol. The predicted octanol–water partition coefficient (Wildman–Crippen LogP) is 3.23. The first-order valence-corrected chi connectivity index (χ1v) is 9.56. The summed E-state index contributed by atoms with van der Waals surface area (Å²) in [6.45, 7) is 3.43. The molecule has 0 unspecified atom stereocenters. The monoisotopic (exact) mass is 363 g/mol. The van der Waals surface area contributed by atoms with Crippen LogP contribution in [-0.2, 0) is 16.1 Å². The van der Waals surface area contributed by atoms with E-state index in [2.05, 4.69) is 36.7 Å². The van der Waals surface area contributed by atoms with Crippen LogP contribution in [0, 0.1) is 6.92 Å². The van der Waals surface area contributed by atoms with Gasteiger partial charge in [-0.25, -0.2) is 15.3 Å². The van der Waals surface area contributed by atoms with E-state index in [1.54, 1.807) is 0 Å². The highest BCUT2D eigenvalue weighted by molar-refractivity contribution is 5.99. The molecule has 0 bridgehead atoms. The van der Waals surface area contributed by atoms with Gasteiger partial charge < -0.3 is 4.90 Å². The van der Waals surface area contributed by atoms with Gasteiger partial charge >= 0.3 is 0 Å². The summed E-state index contributed by atoms with van der Waals surface area (Å²) in [7, 11) is 0. The maximum Gasteiger partial charge on any atom is 0.222 e. The fourth-order valence-corrected chi connectivity index (χ4v) is 3.60. The number of hydrogen-bond acceptors (Lipinski definition) is 4. The zero-order valence-electron chi connectivity index (χ0n) is 15.6. The Hall–Kier alpha value is -2.66. The Morgan fingerprint density at radius 3 is 2.52 bits per heavy atom. The van der Waals surface area contributed by atoms with Crippen LogP contribution in [0.15, 0.2) is 59.6 Å². The lowest BCUT2D eigenvalue weighted by Gasteiger charge is -2.35. The third-order valence-corrected chi connectivity index (χ3v) is 5.35. The van der Waals surface area contributed by atoms with E-state index in [1.807, 2.05) is 35.2 Å². The Kier molecular flexibility index (Phi) is 4.94. The lowest BCUT2D eigenvalue weighted by Crippen LogP contribution is -2.46. The zero-order chi connectivity index (χ0) is 18.7. The number of aryl methyl sites for hydroxylation is 2. The van der Waals surface area contributed by atoms with Crippen LogP contribution < -0.4 is 5.48 Å². The Labute approximate surface area is 160 Å². The first kappa shape index (κ1) is 17.7. The van der Waals surface area contributed by atoms with Crippen molar-refractivity contribution in [3.8, 4) is 0 Å². The molecular weight excluding hydrogens is 338 g/mol. The molecule has 27 heavy (non-hydrogen) atoms. The van der Waals surface area contributed by atoms with Gasteiger partial charge in [0.25, 0.3) is 0 Å². The Morgan fingerprint density at radius 2 is 1.81 bits per heavy atom. The Balaban J connectivity index is 1.33. The van der Waals surface area contributed by atoms with Crippen molar-refractivity contribution in [1.29, 1.82) is 0 Å². The highest BCUT2D eigenvalue weighted by Crippen LogP contribution is 2.31. The number of nitrogens with zero attached hydrogens (tertiary/aromatic N) is 2. The average Bonchev–Trinajstić information content (AvgIpc) is 3.11. The van der Waals surface area contributed by atoms with E-state index in [9.17, 15) is 4.79 Å². The smallest absolute Gasteiger partial charge is 0.222 e. The van der Waals surface area contributed by atoms with Gasteiger partial charge in [0, 0.05) is 37.9 Å². The summed E-state index contributed by atoms with van der Waals surface area (Å²) < 4.78 is 0. The number of amides is 1. The van der Waals surface area contributed by atoms with E-state index in [1.165, 1.54) is 11.1 Å². The lowest BCUT2D eigenvalue weighted by atomic mass is 10.00. The second kappa shape index (κ2) is 7.53. The summed E-state index contributed by atoms with van der Waals surface area (Å²) in [5.41, 5.74) is 5.89. The minimum atomic E-state index is -0.545. The molecule has 4 rings (SSSR count). The molecule has 0 aromatic heterocycles. The van der Waals surface area contributed by atoms with Crippen LogP contribution in [0.1, 0.15) is 36.0 Å². The zero-order valence-corrected chi connectivity index (χ0v) is 15.6. The number of amidine groups is 1. The number of benzene rings is 2. The van der Waals surface area contributed by atoms with E-state index in [4.69, 9.17) is 9.83 Å². The highest BCUT2D eigenvalue weighted by Gasteiger charge is 2.41. The third kappa shape index (κ3) is 4.03. The van der Waals surface area contributed by atoms with Gasteiger partial charge in [-0.3, -0.25) is 4.79 Å². The number of aliphatic imine (C=N–C) groups is 1. The summed E-state index contributed by atoms with van der Waals surface area (Å²) in [5.74, 6) is 0.987. The molecule has 0 aliphatic carbocycles. The van der Waals surface area contributed by atoms with Gasteiger partial charge in [-0.05, 0) is 18.9 Å². The van der Waals surface area contributed by atoms with Crippen molar-refractivity contribution in [3.63, 3.8) is 0 Å². The molecule has 5 nitrogen and oxygen atoms in total. The number of carbonyl (C=O) groups excluding carboxylic acids is 1. The molecule has 2 aliphatic heterocycles. The third-order valence-electron chi connectivity index (χ3n) is 5.35. The molecule has 2 aromatic rings. The van der Waals surface area contributed by atoms with E-state index in [0.717, 1.165) is 17.8 Å². The van der Waals surface area contributed by atoms with Crippen LogP contribution in [0.3, 0.4) is 0 Å². The van der Waals surface area contributed by atoms with Gasteiger partial charge in [-0.1, -0.05) is 60.2 Å². The summed E-state index contributed by atoms with van der Waals surface area (Å²) in [4.78, 5) is 25.1. The highest BCUT2D eigenvalue weighted by atomic mass is 16.7. The normalized spacial score (nSPS) is 18.3. The molecular formula is C22H25N3O2. The Bertz CT molecular complexity index is 822. The lowest BCUT2D eigenvalue weighted by molar-refractivity contribution is -0.139. The molecule has 0 atom stereocenters. The molecule has 2 aromatic carbocycles. The maximum atomic E-state index is 12.5. The Morgan fingerprint density at radius 1 is 1.11 bits per heavy atom. The van der Waals surface area contributed by atoms with Crippen molar-refractivity contribution in [2.45, 2.75) is 38.3 Å². The summed E-state index contributed by atoms with van der Waals surface area (Å²) >= 11 is 0. The van der Waals surface area contributed by atoms with E-state index >= 15 is 0 Å².